The van der Waals surface area contributed by atoms with Crippen molar-refractivity contribution in [2.75, 3.05) is 14.2 Å². The topological polar surface area (TPSA) is 130 Å². The van der Waals surface area contributed by atoms with E-state index in [-0.39, 0.29) is 16.7 Å². The van der Waals surface area contributed by atoms with Crippen molar-refractivity contribution in [2.45, 2.75) is 11.8 Å². The fourth-order valence-electron chi connectivity index (χ4n) is 3.33. The van der Waals surface area contributed by atoms with Crippen LogP contribution in [-0.4, -0.2) is 40.5 Å². The number of carboxylic acid groups (broad SMARTS) is 1. The van der Waals surface area contributed by atoms with E-state index < -0.39 is 5.97 Å². The van der Waals surface area contributed by atoms with Gasteiger partial charge in [0.05, 0.1) is 25.9 Å². The predicted octanol–water partition coefficient (Wildman–Crippen LogP) is 5.16. The van der Waals surface area contributed by atoms with E-state index in [0.717, 1.165) is 17.3 Å². The molecule has 0 unspecified atom stereocenters. The van der Waals surface area contributed by atoms with E-state index in [1.807, 2.05) is 12.1 Å². The van der Waals surface area contributed by atoms with Crippen LogP contribution in [0.1, 0.15) is 16.7 Å². The van der Waals surface area contributed by atoms with Crippen LogP contribution in [0, 0.1) is 11.3 Å². The molecule has 4 rings (SSSR count). The van der Waals surface area contributed by atoms with Crippen molar-refractivity contribution >= 4 is 23.8 Å². The minimum atomic E-state index is -1.10. The van der Waals surface area contributed by atoms with Gasteiger partial charge in [0.15, 0.2) is 5.82 Å². The number of hydrogen-bond donors (Lipinski definition) is 2. The highest BCUT2D eigenvalue weighted by molar-refractivity contribution is 8.04. The molecule has 0 aliphatic carbocycles. The number of hydrogen-bond acceptors (Lipinski definition) is 8. The molecule has 0 amide bonds. The minimum absolute atomic E-state index is 0.0467. The van der Waals surface area contributed by atoms with E-state index in [2.05, 4.69) is 21.3 Å². The Kier molecular flexibility index (Phi) is 8.08. The summed E-state index contributed by atoms with van der Waals surface area (Å²) in [6, 6.07) is 21.6. The largest absolute Gasteiger partial charge is 0.497 e. The van der Waals surface area contributed by atoms with E-state index in [0.29, 0.717) is 39.8 Å². The highest BCUT2D eigenvalue weighted by atomic mass is 32.2. The zero-order valence-electron chi connectivity index (χ0n) is 20.0. The first-order chi connectivity index (χ1) is 18.0. The van der Waals surface area contributed by atoms with Crippen molar-refractivity contribution in [1.82, 2.24) is 15.2 Å². The molecule has 0 atom stereocenters. The molecule has 2 N–H and O–H groups in total. The maximum atomic E-state index is 11.9. The second-order valence-electron chi connectivity index (χ2n) is 7.61. The smallest absolute Gasteiger partial charge is 0.342 e. The maximum absolute atomic E-state index is 11.9. The molecule has 0 bridgehead atoms. The Morgan fingerprint density at radius 2 is 1.76 bits per heavy atom. The number of methoxy groups -OCH3 is 2. The summed E-state index contributed by atoms with van der Waals surface area (Å²) in [5, 5.41) is 26.2. The van der Waals surface area contributed by atoms with E-state index in [1.54, 1.807) is 68.8 Å². The summed E-state index contributed by atoms with van der Waals surface area (Å²) in [6.45, 7) is 0.251. The Labute approximate surface area is 217 Å². The molecule has 0 spiro atoms. The summed E-state index contributed by atoms with van der Waals surface area (Å²) in [5.41, 5.74) is 2.70. The third-order valence-corrected chi connectivity index (χ3v) is 6.09. The van der Waals surface area contributed by atoms with Crippen molar-refractivity contribution in [1.29, 1.82) is 5.26 Å². The number of nitrogens with one attached hydrogen (secondary N) is 1. The lowest BCUT2D eigenvalue weighted by atomic mass is 10.1. The molecule has 37 heavy (non-hydrogen) atoms. The molecule has 4 aromatic rings. The van der Waals surface area contributed by atoms with E-state index >= 15 is 0 Å². The Balaban J connectivity index is 1.47. The zero-order valence-corrected chi connectivity index (χ0v) is 20.8. The molecule has 186 valence electrons. The summed E-state index contributed by atoms with van der Waals surface area (Å²) >= 11 is 0.927. The maximum Gasteiger partial charge on any atom is 0.342 e. The summed E-state index contributed by atoms with van der Waals surface area (Å²) in [4.78, 5) is 16.4. The molecule has 0 saturated carbocycles. The highest BCUT2D eigenvalue weighted by Gasteiger charge is 2.15. The Hall–Kier alpha value is -4.75. The average molecular weight is 515 g/mol. The number of carboxylic acids is 1. The van der Waals surface area contributed by atoms with Crippen LogP contribution in [-0.2, 0) is 11.4 Å². The fourth-order valence-corrected chi connectivity index (χ4v) is 4.03. The predicted molar refractivity (Wildman–Crippen MR) is 138 cm³/mol. The Morgan fingerprint density at radius 3 is 2.41 bits per heavy atom. The summed E-state index contributed by atoms with van der Waals surface area (Å²) < 4.78 is 16.4. The molecule has 0 fully saturated rings. The molecule has 1 aromatic heterocycles. The lowest BCUT2D eigenvalue weighted by Crippen LogP contribution is -1.98. The van der Waals surface area contributed by atoms with Gasteiger partial charge < -0.3 is 19.3 Å². The number of thioether (sulfide) groups is 1. The Morgan fingerprint density at radius 1 is 1.05 bits per heavy atom. The number of carbonyl (C=O) groups is 1. The minimum Gasteiger partial charge on any atom is -0.497 e. The molecular weight excluding hydrogens is 492 g/mol. The van der Waals surface area contributed by atoms with Gasteiger partial charge in [-0.1, -0.05) is 30.3 Å². The summed E-state index contributed by atoms with van der Waals surface area (Å²) in [7, 11) is 3.10. The number of nitriles is 1. The molecule has 0 radical (unpaired) electrons. The SMILES string of the molecule is COc1cc(OC)cc(-c2nc(S/C(=C\c3ccc(OCc4ccccc4C#N)cc3)C(=O)O)n[nH]2)c1. The van der Waals surface area contributed by atoms with Gasteiger partial charge in [0.25, 0.3) is 0 Å². The number of ether oxygens (including phenoxy) is 3. The summed E-state index contributed by atoms with van der Waals surface area (Å²) in [5.74, 6) is 1.12. The molecule has 3 aromatic carbocycles. The van der Waals surface area contributed by atoms with Crippen LogP contribution in [0.25, 0.3) is 17.5 Å². The van der Waals surface area contributed by atoms with Gasteiger partial charge in [-0.15, -0.1) is 5.10 Å². The van der Waals surface area contributed by atoms with Gasteiger partial charge in [0.2, 0.25) is 5.16 Å². The van der Waals surface area contributed by atoms with Crippen molar-refractivity contribution < 1.29 is 24.1 Å². The third kappa shape index (κ3) is 6.48. The van der Waals surface area contributed by atoms with Crippen LogP contribution in [0.5, 0.6) is 17.2 Å². The number of nitrogens with zero attached hydrogens (tertiary/aromatic N) is 3. The van der Waals surface area contributed by atoms with Gasteiger partial charge in [-0.05, 0) is 53.7 Å². The van der Waals surface area contributed by atoms with E-state index in [1.165, 1.54) is 6.08 Å². The van der Waals surface area contributed by atoms with Crippen LogP contribution in [0.15, 0.2) is 76.8 Å². The van der Waals surface area contributed by atoms with Crippen molar-refractivity contribution in [2.24, 2.45) is 0 Å². The lowest BCUT2D eigenvalue weighted by Gasteiger charge is -2.08. The quantitative estimate of drug-likeness (QED) is 0.218. The number of aromatic nitrogens is 3. The van der Waals surface area contributed by atoms with Crippen molar-refractivity contribution in [3.8, 4) is 34.7 Å². The number of rotatable bonds is 10. The third-order valence-electron chi connectivity index (χ3n) is 5.21. The Bertz CT molecular complexity index is 1450. The van der Waals surface area contributed by atoms with Crippen LogP contribution < -0.4 is 14.2 Å². The molecule has 0 aliphatic heterocycles. The second-order valence-corrected chi connectivity index (χ2v) is 8.62. The van der Waals surface area contributed by atoms with Gasteiger partial charge in [-0.2, -0.15) is 5.26 Å². The first-order valence-corrected chi connectivity index (χ1v) is 11.8. The van der Waals surface area contributed by atoms with Gasteiger partial charge in [-0.25, -0.2) is 9.78 Å². The van der Waals surface area contributed by atoms with Crippen LogP contribution in [0.3, 0.4) is 0 Å². The first kappa shape index (κ1) is 25.3. The molecule has 0 aliphatic rings. The second kappa shape index (κ2) is 11.8. The van der Waals surface area contributed by atoms with Crippen molar-refractivity contribution in [3.63, 3.8) is 0 Å². The zero-order chi connectivity index (χ0) is 26.2. The average Bonchev–Trinajstić information content (AvgIpc) is 3.40. The van der Waals surface area contributed by atoms with Gasteiger partial charge in [0, 0.05) is 17.2 Å². The van der Waals surface area contributed by atoms with E-state index in [9.17, 15) is 15.2 Å². The van der Waals surface area contributed by atoms with Crippen LogP contribution >= 0.6 is 11.8 Å². The van der Waals surface area contributed by atoms with E-state index in [4.69, 9.17) is 14.2 Å². The number of benzene rings is 3. The summed E-state index contributed by atoms with van der Waals surface area (Å²) in [6.07, 6.45) is 1.53. The van der Waals surface area contributed by atoms with Crippen molar-refractivity contribution in [3.05, 3.63) is 88.3 Å². The molecule has 9 nitrogen and oxygen atoms in total. The normalized spacial score (nSPS) is 11.0. The molecule has 0 saturated heterocycles. The number of aromatic amines is 1. The van der Waals surface area contributed by atoms with Crippen LogP contribution in [0.4, 0.5) is 0 Å². The monoisotopic (exact) mass is 514 g/mol. The van der Waals surface area contributed by atoms with Gasteiger partial charge in [0.1, 0.15) is 28.8 Å². The standard InChI is InChI=1S/C27H22N4O5S/c1-34-22-12-20(13-23(14-22)35-2)25-29-27(31-30-25)37-24(26(32)33)11-17-7-9-21(10-8-17)36-16-19-6-4-3-5-18(19)15-28/h3-14H,16H2,1-2H3,(H,32,33)(H,29,30,31)/b24-11-. The highest BCUT2D eigenvalue weighted by Crippen LogP contribution is 2.31. The molecule has 10 heteroatoms. The number of H-pyrrole nitrogens is 1. The lowest BCUT2D eigenvalue weighted by molar-refractivity contribution is -0.131. The first-order valence-electron chi connectivity index (χ1n) is 11.0. The fraction of sp³-hybridized carbons (Fsp3) is 0.111. The van der Waals surface area contributed by atoms with Crippen LogP contribution in [0.2, 0.25) is 0 Å². The van der Waals surface area contributed by atoms with Gasteiger partial charge >= 0.3 is 5.97 Å². The molecular formula is C27H22N4O5S. The van der Waals surface area contributed by atoms with Gasteiger partial charge in [-0.3, -0.25) is 5.10 Å². The number of aliphatic carboxylic acids is 1. The molecule has 1 heterocycles.